The van der Waals surface area contributed by atoms with Crippen molar-refractivity contribution >= 4 is 17.8 Å². The zero-order valence-corrected chi connectivity index (χ0v) is 11.5. The Hall–Kier alpha value is -1.63. The fraction of sp³-hybridized carbons (Fsp3) is 0.750. The van der Waals surface area contributed by atoms with E-state index in [1.807, 2.05) is 0 Å². The van der Waals surface area contributed by atoms with Crippen molar-refractivity contribution in [1.82, 2.24) is 10.7 Å². The van der Waals surface area contributed by atoms with Gasteiger partial charge in [0.2, 0.25) is 11.8 Å². The number of esters is 1. The number of amides is 2. The molecule has 0 aliphatic rings. The summed E-state index contributed by atoms with van der Waals surface area (Å²) >= 11 is 0. The standard InChI is InChI=1S/C12H23N3O4/c1-9(12(18)15-13)5-3-4-6-10(16)14-8-7-11(17)19-2/h9H,3-8,13H2,1-2H3,(H,14,16)(H,15,18). The number of hydrogen-bond donors (Lipinski definition) is 3. The lowest BCUT2D eigenvalue weighted by atomic mass is 10.0. The second kappa shape index (κ2) is 10.3. The van der Waals surface area contributed by atoms with Crippen LogP contribution in [0.2, 0.25) is 0 Å². The van der Waals surface area contributed by atoms with Gasteiger partial charge in [0, 0.05) is 18.9 Å². The molecule has 2 amide bonds. The van der Waals surface area contributed by atoms with E-state index in [0.717, 1.165) is 6.42 Å². The lowest BCUT2D eigenvalue weighted by Crippen LogP contribution is -2.34. The summed E-state index contributed by atoms with van der Waals surface area (Å²) < 4.78 is 4.45. The molecular formula is C12H23N3O4. The smallest absolute Gasteiger partial charge is 0.307 e. The minimum atomic E-state index is -0.345. The van der Waals surface area contributed by atoms with Crippen LogP contribution in [0.4, 0.5) is 0 Å². The summed E-state index contributed by atoms with van der Waals surface area (Å²) in [5.41, 5.74) is 2.10. The van der Waals surface area contributed by atoms with E-state index in [1.165, 1.54) is 7.11 Å². The van der Waals surface area contributed by atoms with Crippen LogP contribution in [-0.4, -0.2) is 31.4 Å². The first-order valence-electron chi connectivity index (χ1n) is 6.35. The molecule has 0 rings (SSSR count). The third kappa shape index (κ3) is 9.01. The molecule has 0 saturated carbocycles. The van der Waals surface area contributed by atoms with Gasteiger partial charge in [-0.2, -0.15) is 0 Å². The molecule has 0 aromatic rings. The Morgan fingerprint density at radius 1 is 1.21 bits per heavy atom. The van der Waals surface area contributed by atoms with Gasteiger partial charge >= 0.3 is 5.97 Å². The number of methoxy groups -OCH3 is 1. The molecule has 0 aliphatic heterocycles. The molecule has 0 aromatic carbocycles. The molecule has 0 fully saturated rings. The van der Waals surface area contributed by atoms with Crippen LogP contribution in [0.25, 0.3) is 0 Å². The van der Waals surface area contributed by atoms with E-state index in [-0.39, 0.29) is 36.7 Å². The van der Waals surface area contributed by atoms with Crippen LogP contribution in [0.3, 0.4) is 0 Å². The Kier molecular flexibility index (Phi) is 9.42. The molecule has 1 atom stereocenters. The van der Waals surface area contributed by atoms with Crippen molar-refractivity contribution in [1.29, 1.82) is 0 Å². The molecule has 7 nitrogen and oxygen atoms in total. The number of ether oxygens (including phenoxy) is 1. The summed E-state index contributed by atoms with van der Waals surface area (Å²) in [4.78, 5) is 33.3. The minimum absolute atomic E-state index is 0.0974. The molecule has 0 bridgehead atoms. The molecule has 0 spiro atoms. The highest BCUT2D eigenvalue weighted by atomic mass is 16.5. The molecule has 0 aromatic heterocycles. The van der Waals surface area contributed by atoms with E-state index in [0.29, 0.717) is 19.3 Å². The summed E-state index contributed by atoms with van der Waals surface area (Å²) in [6.07, 6.45) is 2.73. The van der Waals surface area contributed by atoms with Crippen molar-refractivity contribution in [2.24, 2.45) is 11.8 Å². The maximum absolute atomic E-state index is 11.4. The highest BCUT2D eigenvalue weighted by molar-refractivity contribution is 5.78. The Morgan fingerprint density at radius 2 is 1.89 bits per heavy atom. The quantitative estimate of drug-likeness (QED) is 0.178. The highest BCUT2D eigenvalue weighted by Gasteiger charge is 2.11. The van der Waals surface area contributed by atoms with Gasteiger partial charge in [-0.25, -0.2) is 5.84 Å². The van der Waals surface area contributed by atoms with Gasteiger partial charge in [0.15, 0.2) is 0 Å². The zero-order chi connectivity index (χ0) is 14.7. The molecule has 4 N–H and O–H groups in total. The fourth-order valence-electron chi connectivity index (χ4n) is 1.50. The molecule has 7 heteroatoms. The Morgan fingerprint density at radius 3 is 2.47 bits per heavy atom. The number of nitrogens with two attached hydrogens (primary N) is 1. The summed E-state index contributed by atoms with van der Waals surface area (Å²) in [5, 5.41) is 2.63. The fourth-order valence-corrected chi connectivity index (χ4v) is 1.50. The van der Waals surface area contributed by atoms with Crippen LogP contribution in [-0.2, 0) is 19.1 Å². The van der Waals surface area contributed by atoms with Gasteiger partial charge in [-0.1, -0.05) is 13.3 Å². The summed E-state index contributed by atoms with van der Waals surface area (Å²) in [7, 11) is 1.31. The van der Waals surface area contributed by atoms with Crippen molar-refractivity contribution in [2.75, 3.05) is 13.7 Å². The summed E-state index contributed by atoms with van der Waals surface area (Å²) in [5.74, 6) is 4.23. The zero-order valence-electron chi connectivity index (χ0n) is 11.5. The lowest BCUT2D eigenvalue weighted by Gasteiger charge is -2.09. The second-order valence-corrected chi connectivity index (χ2v) is 4.33. The van der Waals surface area contributed by atoms with Crippen LogP contribution in [0.15, 0.2) is 0 Å². The highest BCUT2D eigenvalue weighted by Crippen LogP contribution is 2.09. The van der Waals surface area contributed by atoms with E-state index >= 15 is 0 Å². The number of unbranched alkanes of at least 4 members (excludes halogenated alkanes) is 1. The van der Waals surface area contributed by atoms with Crippen LogP contribution >= 0.6 is 0 Å². The first kappa shape index (κ1) is 17.4. The number of hydrogen-bond acceptors (Lipinski definition) is 5. The molecular weight excluding hydrogens is 250 g/mol. The minimum Gasteiger partial charge on any atom is -0.469 e. The third-order valence-corrected chi connectivity index (χ3v) is 2.76. The first-order chi connectivity index (χ1) is 9.01. The van der Waals surface area contributed by atoms with Crippen molar-refractivity contribution in [3.05, 3.63) is 0 Å². The van der Waals surface area contributed by atoms with Crippen molar-refractivity contribution < 1.29 is 19.1 Å². The van der Waals surface area contributed by atoms with E-state index < -0.39 is 0 Å². The van der Waals surface area contributed by atoms with Crippen molar-refractivity contribution in [3.63, 3.8) is 0 Å². The number of hydrazine groups is 1. The van der Waals surface area contributed by atoms with E-state index in [9.17, 15) is 14.4 Å². The number of nitrogens with one attached hydrogen (secondary N) is 2. The number of carbonyl (C=O) groups is 3. The lowest BCUT2D eigenvalue weighted by molar-refractivity contribution is -0.140. The van der Waals surface area contributed by atoms with Crippen LogP contribution in [0.1, 0.15) is 39.0 Å². The van der Waals surface area contributed by atoms with Gasteiger partial charge in [-0.15, -0.1) is 0 Å². The topological polar surface area (TPSA) is 111 Å². The van der Waals surface area contributed by atoms with Gasteiger partial charge in [-0.3, -0.25) is 19.8 Å². The Labute approximate surface area is 113 Å². The SMILES string of the molecule is COC(=O)CCNC(=O)CCCCC(C)C(=O)NN. The first-order valence-corrected chi connectivity index (χ1v) is 6.35. The largest absolute Gasteiger partial charge is 0.469 e. The molecule has 0 heterocycles. The van der Waals surface area contributed by atoms with Gasteiger partial charge in [0.1, 0.15) is 0 Å². The van der Waals surface area contributed by atoms with Gasteiger partial charge < -0.3 is 10.1 Å². The maximum atomic E-state index is 11.4. The van der Waals surface area contributed by atoms with Crippen LogP contribution in [0.5, 0.6) is 0 Å². The third-order valence-electron chi connectivity index (χ3n) is 2.76. The monoisotopic (exact) mass is 273 g/mol. The number of rotatable bonds is 9. The van der Waals surface area contributed by atoms with E-state index in [4.69, 9.17) is 5.84 Å². The predicted molar refractivity (Wildman–Crippen MR) is 69.6 cm³/mol. The normalized spacial score (nSPS) is 11.5. The van der Waals surface area contributed by atoms with Crippen molar-refractivity contribution in [3.8, 4) is 0 Å². The number of carbonyl (C=O) groups excluding carboxylic acids is 3. The summed E-state index contributed by atoms with van der Waals surface area (Å²) in [6.45, 7) is 2.08. The van der Waals surface area contributed by atoms with E-state index in [2.05, 4.69) is 15.5 Å². The summed E-state index contributed by atoms with van der Waals surface area (Å²) in [6, 6.07) is 0. The molecule has 110 valence electrons. The van der Waals surface area contributed by atoms with Gasteiger partial charge in [-0.05, 0) is 12.8 Å². The van der Waals surface area contributed by atoms with Gasteiger partial charge in [0.25, 0.3) is 0 Å². The van der Waals surface area contributed by atoms with Crippen LogP contribution in [0, 0.1) is 5.92 Å². The molecule has 0 saturated heterocycles. The molecule has 0 aliphatic carbocycles. The molecule has 1 unspecified atom stereocenters. The second-order valence-electron chi connectivity index (χ2n) is 4.33. The maximum Gasteiger partial charge on any atom is 0.307 e. The average molecular weight is 273 g/mol. The molecule has 19 heavy (non-hydrogen) atoms. The Bertz CT molecular complexity index is 307. The predicted octanol–water partition coefficient (Wildman–Crippen LogP) is -0.148. The Balaban J connectivity index is 3.53. The van der Waals surface area contributed by atoms with E-state index in [1.54, 1.807) is 6.92 Å². The van der Waals surface area contributed by atoms with Crippen LogP contribution < -0.4 is 16.6 Å². The average Bonchev–Trinajstić information content (AvgIpc) is 2.41. The molecule has 0 radical (unpaired) electrons. The van der Waals surface area contributed by atoms with Gasteiger partial charge in [0.05, 0.1) is 13.5 Å². The van der Waals surface area contributed by atoms with Crippen molar-refractivity contribution in [2.45, 2.75) is 39.0 Å².